The number of unbranched alkanes of at least 4 members (excludes halogenated alkanes) is 15. The normalized spacial score (nSPS) is 11.4. The summed E-state index contributed by atoms with van der Waals surface area (Å²) in [6.45, 7) is 13.0. The Balaban J connectivity index is 1.64. The standard InChI is InChI=1S/C42H77NO10/c1-3-4-5-6-7-8-9-10-11-12-13-14-15-16-17-18-23-45-24-25-46-26-27-47-28-29-48-30-31-49-32-33-50-34-35-51-36-37-52-38-39-53-42-21-19-41(20-22-42)43-40(2)44/h19-22H,3-18,23-39H2,1-2H3,(H,43,44). The predicted octanol–water partition coefficient (Wildman–Crippen LogP) is 8.42. The predicted molar refractivity (Wildman–Crippen MR) is 212 cm³/mol. The number of benzene rings is 1. The summed E-state index contributed by atoms with van der Waals surface area (Å²) in [6.07, 6.45) is 22.2. The average molecular weight is 756 g/mol. The number of carbonyl (C=O) groups is 1. The van der Waals surface area contributed by atoms with E-state index in [2.05, 4.69) is 12.2 Å². The van der Waals surface area contributed by atoms with Crippen LogP contribution in [0.3, 0.4) is 0 Å². The summed E-state index contributed by atoms with van der Waals surface area (Å²) < 4.78 is 50.0. The lowest BCUT2D eigenvalue weighted by molar-refractivity contribution is -0.114. The third-order valence-corrected chi connectivity index (χ3v) is 8.42. The lowest BCUT2D eigenvalue weighted by Gasteiger charge is -2.09. The number of hydrogen-bond donors (Lipinski definition) is 1. The van der Waals surface area contributed by atoms with Crippen molar-refractivity contribution < 1.29 is 47.4 Å². The molecule has 310 valence electrons. The maximum atomic E-state index is 11.1. The molecule has 0 aliphatic carbocycles. The van der Waals surface area contributed by atoms with Crippen molar-refractivity contribution in [3.63, 3.8) is 0 Å². The van der Waals surface area contributed by atoms with Gasteiger partial charge in [-0.1, -0.05) is 103 Å². The molecule has 0 atom stereocenters. The third-order valence-electron chi connectivity index (χ3n) is 8.42. The SMILES string of the molecule is CCCCCCCCCCCCCCCCCCOCCOCCOCCOCCOCCOCCOCCOCCOc1ccc(NC(C)=O)cc1. The zero-order chi connectivity index (χ0) is 38.0. The van der Waals surface area contributed by atoms with Crippen LogP contribution in [0.1, 0.15) is 117 Å². The van der Waals surface area contributed by atoms with Gasteiger partial charge in [0.05, 0.1) is 99.1 Å². The molecule has 0 aliphatic rings. The Morgan fingerprint density at radius 3 is 1.00 bits per heavy atom. The monoisotopic (exact) mass is 756 g/mol. The number of rotatable bonds is 43. The van der Waals surface area contributed by atoms with Crippen LogP contribution in [-0.4, -0.2) is 118 Å². The lowest BCUT2D eigenvalue weighted by atomic mass is 10.0. The number of hydrogen-bond acceptors (Lipinski definition) is 10. The Bertz CT molecular complexity index is 876. The molecule has 0 bridgehead atoms. The van der Waals surface area contributed by atoms with Gasteiger partial charge in [-0.15, -0.1) is 0 Å². The Kier molecular flexibility index (Phi) is 38.4. The molecule has 0 spiro atoms. The fourth-order valence-electron chi connectivity index (χ4n) is 5.45. The zero-order valence-electron chi connectivity index (χ0n) is 33.7. The summed E-state index contributed by atoms with van der Waals surface area (Å²) in [5, 5.41) is 2.72. The molecule has 0 saturated carbocycles. The van der Waals surface area contributed by atoms with Crippen molar-refractivity contribution in [3.8, 4) is 5.75 Å². The molecular formula is C42H77NO10. The highest BCUT2D eigenvalue weighted by Gasteiger charge is 2.00. The van der Waals surface area contributed by atoms with Crippen LogP contribution in [0.15, 0.2) is 24.3 Å². The summed E-state index contributed by atoms with van der Waals surface area (Å²) in [5.74, 6) is 0.621. The van der Waals surface area contributed by atoms with Crippen LogP contribution in [0.25, 0.3) is 0 Å². The van der Waals surface area contributed by atoms with Gasteiger partial charge in [0.25, 0.3) is 0 Å². The number of amides is 1. The van der Waals surface area contributed by atoms with Crippen LogP contribution >= 0.6 is 0 Å². The van der Waals surface area contributed by atoms with Crippen molar-refractivity contribution in [2.75, 3.05) is 118 Å². The molecule has 0 heterocycles. The van der Waals surface area contributed by atoms with Gasteiger partial charge in [-0.2, -0.15) is 0 Å². The Hall–Kier alpha value is -1.83. The molecule has 0 aromatic heterocycles. The lowest BCUT2D eigenvalue weighted by Crippen LogP contribution is -2.15. The van der Waals surface area contributed by atoms with Crippen molar-refractivity contribution in [1.29, 1.82) is 0 Å². The third kappa shape index (κ3) is 38.2. The fourth-order valence-corrected chi connectivity index (χ4v) is 5.45. The van der Waals surface area contributed by atoms with Gasteiger partial charge < -0.3 is 47.9 Å². The van der Waals surface area contributed by atoms with Crippen LogP contribution in [0.4, 0.5) is 5.69 Å². The molecule has 1 amide bonds. The summed E-state index contributed by atoms with van der Waals surface area (Å²) in [4.78, 5) is 11.1. The van der Waals surface area contributed by atoms with E-state index in [9.17, 15) is 4.79 Å². The molecule has 53 heavy (non-hydrogen) atoms. The second kappa shape index (κ2) is 41.3. The van der Waals surface area contributed by atoms with Crippen molar-refractivity contribution in [1.82, 2.24) is 0 Å². The van der Waals surface area contributed by atoms with Gasteiger partial charge >= 0.3 is 0 Å². The molecule has 1 aromatic rings. The van der Waals surface area contributed by atoms with Gasteiger partial charge in [0.1, 0.15) is 12.4 Å². The highest BCUT2D eigenvalue weighted by molar-refractivity contribution is 5.88. The summed E-state index contributed by atoms with van der Waals surface area (Å²) >= 11 is 0. The number of ether oxygens (including phenoxy) is 9. The minimum absolute atomic E-state index is 0.103. The molecule has 11 nitrogen and oxygen atoms in total. The molecule has 0 radical (unpaired) electrons. The van der Waals surface area contributed by atoms with E-state index in [0.717, 1.165) is 24.5 Å². The molecule has 0 aliphatic heterocycles. The van der Waals surface area contributed by atoms with E-state index in [1.165, 1.54) is 103 Å². The second-order valence-corrected chi connectivity index (χ2v) is 13.3. The van der Waals surface area contributed by atoms with Crippen molar-refractivity contribution >= 4 is 11.6 Å². The fraction of sp³-hybridized carbons (Fsp3) is 0.833. The zero-order valence-corrected chi connectivity index (χ0v) is 33.7. The first-order valence-corrected chi connectivity index (χ1v) is 20.8. The second-order valence-electron chi connectivity index (χ2n) is 13.3. The van der Waals surface area contributed by atoms with Gasteiger partial charge in [0.2, 0.25) is 5.91 Å². The molecule has 11 heteroatoms. The number of nitrogens with one attached hydrogen (secondary N) is 1. The van der Waals surface area contributed by atoms with Crippen LogP contribution in [0, 0.1) is 0 Å². The first-order valence-electron chi connectivity index (χ1n) is 20.8. The average Bonchev–Trinajstić information content (AvgIpc) is 3.16. The van der Waals surface area contributed by atoms with E-state index < -0.39 is 0 Å². The quantitative estimate of drug-likeness (QED) is 0.0652. The van der Waals surface area contributed by atoms with Gasteiger partial charge in [0.15, 0.2) is 0 Å². The van der Waals surface area contributed by atoms with E-state index in [0.29, 0.717) is 106 Å². The summed E-state index contributed by atoms with van der Waals surface area (Å²) in [7, 11) is 0. The van der Waals surface area contributed by atoms with Crippen LogP contribution in [0.5, 0.6) is 5.75 Å². The van der Waals surface area contributed by atoms with Crippen LogP contribution in [0.2, 0.25) is 0 Å². The smallest absolute Gasteiger partial charge is 0.221 e. The molecule has 1 rings (SSSR count). The topological polar surface area (TPSA) is 112 Å². The maximum absolute atomic E-state index is 11.1. The Morgan fingerprint density at radius 1 is 0.396 bits per heavy atom. The van der Waals surface area contributed by atoms with E-state index in [4.69, 9.17) is 42.6 Å². The summed E-state index contributed by atoms with van der Waals surface area (Å²) in [5.41, 5.74) is 0.738. The Labute approximate surface area is 322 Å². The van der Waals surface area contributed by atoms with Crippen molar-refractivity contribution in [2.45, 2.75) is 117 Å². The first kappa shape index (κ1) is 49.2. The molecule has 0 saturated heterocycles. The maximum Gasteiger partial charge on any atom is 0.221 e. The van der Waals surface area contributed by atoms with Crippen LogP contribution in [-0.2, 0) is 42.7 Å². The van der Waals surface area contributed by atoms with Gasteiger partial charge in [-0.05, 0) is 30.7 Å². The molecule has 1 aromatic carbocycles. The first-order chi connectivity index (χ1) is 26.2. The Morgan fingerprint density at radius 2 is 0.679 bits per heavy atom. The minimum atomic E-state index is -0.103. The molecule has 0 fully saturated rings. The van der Waals surface area contributed by atoms with Crippen LogP contribution < -0.4 is 10.1 Å². The largest absolute Gasteiger partial charge is 0.491 e. The number of anilines is 1. The molecule has 1 N–H and O–H groups in total. The van der Waals surface area contributed by atoms with E-state index in [1.807, 2.05) is 12.1 Å². The van der Waals surface area contributed by atoms with Crippen molar-refractivity contribution in [2.24, 2.45) is 0 Å². The highest BCUT2D eigenvalue weighted by Crippen LogP contribution is 2.16. The van der Waals surface area contributed by atoms with Gasteiger partial charge in [0, 0.05) is 19.2 Å². The van der Waals surface area contributed by atoms with Gasteiger partial charge in [-0.25, -0.2) is 0 Å². The number of carbonyl (C=O) groups excluding carboxylic acids is 1. The van der Waals surface area contributed by atoms with E-state index in [-0.39, 0.29) is 5.91 Å². The van der Waals surface area contributed by atoms with E-state index in [1.54, 1.807) is 12.1 Å². The highest BCUT2D eigenvalue weighted by atomic mass is 16.6. The van der Waals surface area contributed by atoms with Gasteiger partial charge in [-0.3, -0.25) is 4.79 Å². The van der Waals surface area contributed by atoms with E-state index >= 15 is 0 Å². The molecule has 0 unspecified atom stereocenters. The summed E-state index contributed by atoms with van der Waals surface area (Å²) in [6, 6.07) is 7.21. The molecular weight excluding hydrogens is 678 g/mol. The van der Waals surface area contributed by atoms with Crippen molar-refractivity contribution in [3.05, 3.63) is 24.3 Å². The minimum Gasteiger partial charge on any atom is -0.491 e.